The van der Waals surface area contributed by atoms with Gasteiger partial charge in [-0.3, -0.25) is 9.59 Å². The predicted octanol–water partition coefficient (Wildman–Crippen LogP) is 1.54. The number of amides is 2. The number of rotatable bonds is 9. The van der Waals surface area contributed by atoms with Gasteiger partial charge in [0.2, 0.25) is 21.8 Å². The van der Waals surface area contributed by atoms with Crippen molar-refractivity contribution in [3.05, 3.63) is 24.3 Å². The number of carbonyl (C=O) groups excluding carboxylic acids is 2. The number of anilines is 1. The number of likely N-dealkylation sites (tertiary alicyclic amines) is 1. The van der Waals surface area contributed by atoms with E-state index in [1.54, 1.807) is 38.0 Å². The van der Waals surface area contributed by atoms with Gasteiger partial charge in [0.25, 0.3) is 0 Å². The van der Waals surface area contributed by atoms with Crippen LogP contribution >= 0.6 is 0 Å². The van der Waals surface area contributed by atoms with Crippen LogP contribution in [0.3, 0.4) is 0 Å². The summed E-state index contributed by atoms with van der Waals surface area (Å²) in [5.74, 6) is -0.754. The van der Waals surface area contributed by atoms with E-state index in [-0.39, 0.29) is 29.2 Å². The molecule has 2 atom stereocenters. The molecule has 0 spiro atoms. The molecule has 0 radical (unpaired) electrons. The fourth-order valence-electron chi connectivity index (χ4n) is 3.33. The number of carbonyl (C=O) groups is 2. The molecule has 0 aliphatic carbocycles. The van der Waals surface area contributed by atoms with Crippen molar-refractivity contribution in [3.63, 3.8) is 0 Å². The Labute approximate surface area is 166 Å². The van der Waals surface area contributed by atoms with Crippen LogP contribution in [0.1, 0.15) is 27.2 Å². The molecule has 1 aliphatic rings. The first-order valence-corrected chi connectivity index (χ1v) is 10.9. The molecule has 0 unspecified atom stereocenters. The first-order chi connectivity index (χ1) is 13.2. The Morgan fingerprint density at radius 3 is 2.43 bits per heavy atom. The second-order valence-electron chi connectivity index (χ2n) is 6.85. The molecule has 156 valence electrons. The van der Waals surface area contributed by atoms with Crippen LogP contribution in [0.25, 0.3) is 0 Å². The first-order valence-electron chi connectivity index (χ1n) is 9.44. The summed E-state index contributed by atoms with van der Waals surface area (Å²) in [5.41, 5.74) is 0.499. The lowest BCUT2D eigenvalue weighted by atomic mass is 10.1. The molecule has 0 bridgehead atoms. The molecule has 1 heterocycles. The third kappa shape index (κ3) is 4.89. The highest BCUT2D eigenvalue weighted by Crippen LogP contribution is 2.23. The summed E-state index contributed by atoms with van der Waals surface area (Å²) < 4.78 is 31.5. The molecule has 1 N–H and O–H groups in total. The minimum Gasteiger partial charge on any atom is -0.383 e. The van der Waals surface area contributed by atoms with Crippen molar-refractivity contribution in [2.24, 2.45) is 5.92 Å². The molecule has 28 heavy (non-hydrogen) atoms. The minimum atomic E-state index is -3.53. The number of nitrogens with one attached hydrogen (secondary N) is 1. The maximum absolute atomic E-state index is 12.5. The number of ether oxygens (including phenoxy) is 1. The third-order valence-electron chi connectivity index (χ3n) is 4.93. The molecular weight excluding hydrogens is 382 g/mol. The standard InChI is InChI=1S/C19H29N3O5S/c1-5-21(6-2)28(25,26)17-9-7-16(8-10-17)20-19(24)15-11-18(23)22(12-15)14(3)13-27-4/h7-10,14-15H,5-6,11-13H2,1-4H3,(H,20,24)/t14-,15+/m1/s1. The van der Waals surface area contributed by atoms with E-state index in [9.17, 15) is 18.0 Å². The minimum absolute atomic E-state index is 0.0645. The van der Waals surface area contributed by atoms with E-state index >= 15 is 0 Å². The average molecular weight is 412 g/mol. The Hall–Kier alpha value is -1.97. The Morgan fingerprint density at radius 2 is 1.89 bits per heavy atom. The molecule has 1 fully saturated rings. The third-order valence-corrected chi connectivity index (χ3v) is 7.00. The molecule has 1 aromatic carbocycles. The quantitative estimate of drug-likeness (QED) is 0.665. The predicted molar refractivity (Wildman–Crippen MR) is 106 cm³/mol. The molecule has 9 heteroatoms. The molecular formula is C19H29N3O5S. The maximum Gasteiger partial charge on any atom is 0.243 e. The second-order valence-corrected chi connectivity index (χ2v) is 8.79. The Morgan fingerprint density at radius 1 is 1.29 bits per heavy atom. The lowest BCUT2D eigenvalue weighted by Crippen LogP contribution is -2.38. The van der Waals surface area contributed by atoms with Gasteiger partial charge in [-0.05, 0) is 31.2 Å². The van der Waals surface area contributed by atoms with E-state index in [0.717, 1.165) is 0 Å². The molecule has 0 aromatic heterocycles. The summed E-state index contributed by atoms with van der Waals surface area (Å²) in [5, 5.41) is 2.77. The van der Waals surface area contributed by atoms with Gasteiger partial charge in [-0.1, -0.05) is 13.8 Å². The fourth-order valence-corrected chi connectivity index (χ4v) is 4.79. The van der Waals surface area contributed by atoms with Crippen molar-refractivity contribution >= 4 is 27.5 Å². The topological polar surface area (TPSA) is 96.0 Å². The van der Waals surface area contributed by atoms with E-state index in [2.05, 4.69) is 5.32 Å². The zero-order valence-corrected chi connectivity index (χ0v) is 17.7. The van der Waals surface area contributed by atoms with Crippen LogP contribution in [-0.2, 0) is 24.3 Å². The summed E-state index contributed by atoms with van der Waals surface area (Å²) in [6.07, 6.45) is 0.161. The van der Waals surface area contributed by atoms with Gasteiger partial charge in [-0.2, -0.15) is 4.31 Å². The molecule has 2 rings (SSSR count). The zero-order valence-electron chi connectivity index (χ0n) is 16.8. The van der Waals surface area contributed by atoms with E-state index < -0.39 is 15.9 Å². The molecule has 1 saturated heterocycles. The largest absolute Gasteiger partial charge is 0.383 e. The Balaban J connectivity index is 2.03. The summed E-state index contributed by atoms with van der Waals surface area (Å²) in [7, 11) is -1.96. The van der Waals surface area contributed by atoms with Crippen molar-refractivity contribution in [2.45, 2.75) is 38.1 Å². The van der Waals surface area contributed by atoms with Crippen LogP contribution in [0, 0.1) is 5.92 Å². The van der Waals surface area contributed by atoms with Crippen LogP contribution in [-0.4, -0.2) is 68.8 Å². The number of nitrogens with zero attached hydrogens (tertiary/aromatic N) is 2. The van der Waals surface area contributed by atoms with Gasteiger partial charge in [-0.15, -0.1) is 0 Å². The summed E-state index contributed by atoms with van der Waals surface area (Å²) in [4.78, 5) is 26.5. The number of hydrogen-bond acceptors (Lipinski definition) is 5. The summed E-state index contributed by atoms with van der Waals surface area (Å²) in [6.45, 7) is 7.02. The van der Waals surface area contributed by atoms with Gasteiger partial charge in [0.05, 0.1) is 23.5 Å². The summed E-state index contributed by atoms with van der Waals surface area (Å²) in [6, 6.07) is 6.01. The van der Waals surface area contributed by atoms with Crippen LogP contribution < -0.4 is 5.32 Å². The molecule has 8 nitrogen and oxygen atoms in total. The van der Waals surface area contributed by atoms with Gasteiger partial charge in [0.1, 0.15) is 0 Å². The van der Waals surface area contributed by atoms with Gasteiger partial charge in [0.15, 0.2) is 0 Å². The second kappa shape index (κ2) is 9.49. The highest BCUT2D eigenvalue weighted by Gasteiger charge is 2.36. The van der Waals surface area contributed by atoms with Gasteiger partial charge in [-0.25, -0.2) is 8.42 Å². The average Bonchev–Trinajstić information content (AvgIpc) is 3.05. The molecule has 2 amide bonds. The van der Waals surface area contributed by atoms with E-state index in [0.29, 0.717) is 31.9 Å². The molecule has 0 saturated carbocycles. The fraction of sp³-hybridized carbons (Fsp3) is 0.579. The van der Waals surface area contributed by atoms with E-state index in [4.69, 9.17) is 4.74 Å². The smallest absolute Gasteiger partial charge is 0.243 e. The maximum atomic E-state index is 12.5. The van der Waals surface area contributed by atoms with Gasteiger partial charge < -0.3 is 15.0 Å². The molecule has 1 aliphatic heterocycles. The van der Waals surface area contributed by atoms with Crippen molar-refractivity contribution in [1.29, 1.82) is 0 Å². The van der Waals surface area contributed by atoms with E-state index in [1.165, 1.54) is 16.4 Å². The Bertz CT molecular complexity index is 790. The lowest BCUT2D eigenvalue weighted by molar-refractivity contribution is -0.130. The highest BCUT2D eigenvalue weighted by molar-refractivity contribution is 7.89. The van der Waals surface area contributed by atoms with Crippen molar-refractivity contribution < 1.29 is 22.7 Å². The monoisotopic (exact) mass is 411 g/mol. The molecule has 1 aromatic rings. The van der Waals surface area contributed by atoms with Crippen LogP contribution in [0.15, 0.2) is 29.2 Å². The van der Waals surface area contributed by atoms with Gasteiger partial charge >= 0.3 is 0 Å². The van der Waals surface area contributed by atoms with Crippen molar-refractivity contribution in [3.8, 4) is 0 Å². The number of methoxy groups -OCH3 is 1. The number of sulfonamides is 1. The van der Waals surface area contributed by atoms with Crippen LogP contribution in [0.2, 0.25) is 0 Å². The number of hydrogen-bond donors (Lipinski definition) is 1. The van der Waals surface area contributed by atoms with E-state index in [1.807, 2.05) is 6.92 Å². The zero-order chi connectivity index (χ0) is 20.9. The van der Waals surface area contributed by atoms with Gasteiger partial charge in [0, 0.05) is 38.9 Å². The normalized spacial score (nSPS) is 18.5. The highest BCUT2D eigenvalue weighted by atomic mass is 32.2. The lowest BCUT2D eigenvalue weighted by Gasteiger charge is -2.23. The van der Waals surface area contributed by atoms with Crippen LogP contribution in [0.5, 0.6) is 0 Å². The first kappa shape index (κ1) is 22.3. The SMILES string of the molecule is CCN(CC)S(=O)(=O)c1ccc(NC(=O)[C@H]2CC(=O)N([C@H](C)COC)C2)cc1. The van der Waals surface area contributed by atoms with Crippen LogP contribution in [0.4, 0.5) is 5.69 Å². The number of benzene rings is 1. The van der Waals surface area contributed by atoms with Crippen molar-refractivity contribution in [1.82, 2.24) is 9.21 Å². The van der Waals surface area contributed by atoms with Crippen molar-refractivity contribution in [2.75, 3.05) is 38.7 Å². The Kier molecular flexibility index (Phi) is 7.56. The summed E-state index contributed by atoms with van der Waals surface area (Å²) >= 11 is 0.